The maximum Gasteiger partial charge on any atom is 0.249 e. The fourth-order valence-corrected chi connectivity index (χ4v) is 2.66. The summed E-state index contributed by atoms with van der Waals surface area (Å²) in [6.07, 6.45) is 0. The van der Waals surface area contributed by atoms with Gasteiger partial charge in [0.1, 0.15) is 11.9 Å². The topological polar surface area (TPSA) is 32.3 Å². The molecule has 108 valence electrons. The molecule has 0 radical (unpaired) electrons. The maximum absolute atomic E-state index is 13.4. The van der Waals surface area contributed by atoms with Crippen molar-refractivity contribution in [2.45, 2.75) is 19.5 Å². The summed E-state index contributed by atoms with van der Waals surface area (Å²) < 4.78 is 13.4. The lowest BCUT2D eigenvalue weighted by atomic mass is 10.1. The van der Waals surface area contributed by atoms with Crippen LogP contribution in [-0.2, 0) is 11.3 Å². The van der Waals surface area contributed by atoms with Gasteiger partial charge >= 0.3 is 0 Å². The van der Waals surface area contributed by atoms with Gasteiger partial charge in [-0.2, -0.15) is 0 Å². The zero-order valence-corrected chi connectivity index (χ0v) is 12.2. The first kappa shape index (κ1) is 13.9. The van der Waals surface area contributed by atoms with Gasteiger partial charge in [-0.05, 0) is 36.8 Å². The van der Waals surface area contributed by atoms with Gasteiger partial charge in [0.25, 0.3) is 0 Å². The Balaban J connectivity index is 2.01. The monoisotopic (exact) mass is 304 g/mol. The molecule has 0 saturated carbocycles. The van der Waals surface area contributed by atoms with Crippen LogP contribution in [0.3, 0.4) is 0 Å². The van der Waals surface area contributed by atoms with E-state index < -0.39 is 6.04 Å². The summed E-state index contributed by atoms with van der Waals surface area (Å²) in [4.78, 5) is 14.1. The van der Waals surface area contributed by atoms with Crippen LogP contribution in [0.5, 0.6) is 0 Å². The maximum atomic E-state index is 13.4. The highest BCUT2D eigenvalue weighted by Crippen LogP contribution is 2.34. The summed E-state index contributed by atoms with van der Waals surface area (Å²) in [5, 5.41) is 3.63. The molecule has 1 atom stereocenters. The van der Waals surface area contributed by atoms with Crippen LogP contribution in [-0.4, -0.2) is 11.9 Å². The van der Waals surface area contributed by atoms with Gasteiger partial charge in [-0.3, -0.25) is 4.79 Å². The Hall–Kier alpha value is -2.07. The van der Waals surface area contributed by atoms with Crippen LogP contribution in [0.15, 0.2) is 42.5 Å². The Morgan fingerprint density at radius 1 is 1.29 bits per heavy atom. The van der Waals surface area contributed by atoms with Gasteiger partial charge in [-0.1, -0.05) is 29.8 Å². The molecule has 1 heterocycles. The fraction of sp³-hybridized carbons (Fsp3) is 0.188. The van der Waals surface area contributed by atoms with Crippen molar-refractivity contribution in [1.82, 2.24) is 0 Å². The summed E-state index contributed by atoms with van der Waals surface area (Å²) in [5.41, 5.74) is 2.14. The van der Waals surface area contributed by atoms with E-state index in [4.69, 9.17) is 11.6 Å². The quantitative estimate of drug-likeness (QED) is 0.914. The van der Waals surface area contributed by atoms with E-state index in [0.29, 0.717) is 22.9 Å². The van der Waals surface area contributed by atoms with Crippen LogP contribution in [0.2, 0.25) is 5.02 Å². The second-order valence-electron chi connectivity index (χ2n) is 5.04. The number of nitrogens with zero attached hydrogens (tertiary/aromatic N) is 1. The Kier molecular flexibility index (Phi) is 3.55. The first-order chi connectivity index (χ1) is 10.1. The molecule has 1 unspecified atom stereocenters. The van der Waals surface area contributed by atoms with Gasteiger partial charge in [0, 0.05) is 5.02 Å². The molecule has 1 amide bonds. The fourth-order valence-electron chi connectivity index (χ4n) is 2.47. The molecular formula is C16H14ClFN2O. The summed E-state index contributed by atoms with van der Waals surface area (Å²) in [5.74, 6) is -0.394. The molecule has 21 heavy (non-hydrogen) atoms. The standard InChI is InChI=1S/C16H14ClFN2O/c1-10-16(21)20(9-11-4-2-3-5-13(11)17)15-7-6-12(18)8-14(15)19-10/h2-8,10,19H,9H2,1H3. The first-order valence-electron chi connectivity index (χ1n) is 6.67. The molecule has 0 fully saturated rings. The number of benzene rings is 2. The second kappa shape index (κ2) is 5.37. The SMILES string of the molecule is CC1Nc2cc(F)ccc2N(Cc2ccccc2Cl)C1=O. The number of hydrogen-bond donors (Lipinski definition) is 1. The summed E-state index contributed by atoms with van der Waals surface area (Å²) >= 11 is 6.17. The number of hydrogen-bond acceptors (Lipinski definition) is 2. The number of nitrogens with one attached hydrogen (secondary N) is 1. The molecular weight excluding hydrogens is 291 g/mol. The molecule has 0 spiro atoms. The molecule has 3 nitrogen and oxygen atoms in total. The summed E-state index contributed by atoms with van der Waals surface area (Å²) in [6, 6.07) is 11.4. The van der Waals surface area contributed by atoms with Gasteiger partial charge in [0.15, 0.2) is 0 Å². The van der Waals surface area contributed by atoms with Crippen molar-refractivity contribution < 1.29 is 9.18 Å². The van der Waals surface area contributed by atoms with Crippen molar-refractivity contribution in [2.75, 3.05) is 10.2 Å². The molecule has 2 aromatic carbocycles. The second-order valence-corrected chi connectivity index (χ2v) is 5.45. The number of carbonyl (C=O) groups excluding carboxylic acids is 1. The Labute approximate surface area is 127 Å². The Bertz CT molecular complexity index is 704. The van der Waals surface area contributed by atoms with Gasteiger partial charge in [-0.15, -0.1) is 0 Å². The molecule has 1 aliphatic heterocycles. The zero-order chi connectivity index (χ0) is 15.0. The number of fused-ring (bicyclic) bond motifs is 1. The molecule has 5 heteroatoms. The normalized spacial score (nSPS) is 17.4. The number of amides is 1. The highest BCUT2D eigenvalue weighted by Gasteiger charge is 2.30. The number of carbonyl (C=O) groups is 1. The molecule has 2 aromatic rings. The Morgan fingerprint density at radius 3 is 2.81 bits per heavy atom. The smallest absolute Gasteiger partial charge is 0.249 e. The Morgan fingerprint density at radius 2 is 2.05 bits per heavy atom. The number of halogens is 2. The van der Waals surface area contributed by atoms with E-state index >= 15 is 0 Å². The van der Waals surface area contributed by atoms with E-state index in [9.17, 15) is 9.18 Å². The van der Waals surface area contributed by atoms with Crippen LogP contribution in [0.4, 0.5) is 15.8 Å². The lowest BCUT2D eigenvalue weighted by molar-refractivity contribution is -0.119. The molecule has 3 rings (SSSR count). The van der Waals surface area contributed by atoms with Crippen LogP contribution in [0, 0.1) is 5.82 Å². The van der Waals surface area contributed by atoms with Crippen molar-refractivity contribution in [3.63, 3.8) is 0 Å². The minimum atomic E-state index is -0.401. The molecule has 0 aliphatic carbocycles. The predicted octanol–water partition coefficient (Wildman–Crippen LogP) is 3.83. The van der Waals surface area contributed by atoms with Crippen molar-refractivity contribution >= 4 is 28.9 Å². The average molecular weight is 305 g/mol. The van der Waals surface area contributed by atoms with E-state index in [1.807, 2.05) is 18.2 Å². The molecule has 1 N–H and O–H groups in total. The third kappa shape index (κ3) is 2.59. The van der Waals surface area contributed by atoms with Gasteiger partial charge in [-0.25, -0.2) is 4.39 Å². The number of anilines is 2. The minimum Gasteiger partial charge on any atom is -0.372 e. The zero-order valence-electron chi connectivity index (χ0n) is 11.4. The van der Waals surface area contributed by atoms with Crippen LogP contribution in [0.25, 0.3) is 0 Å². The van der Waals surface area contributed by atoms with Crippen LogP contribution in [0.1, 0.15) is 12.5 Å². The van der Waals surface area contributed by atoms with Crippen molar-refractivity contribution in [1.29, 1.82) is 0 Å². The predicted molar refractivity (Wildman–Crippen MR) is 82.1 cm³/mol. The molecule has 0 bridgehead atoms. The van der Waals surface area contributed by atoms with E-state index in [2.05, 4.69) is 5.32 Å². The van der Waals surface area contributed by atoms with E-state index in [-0.39, 0.29) is 11.7 Å². The average Bonchev–Trinajstić information content (AvgIpc) is 2.45. The van der Waals surface area contributed by atoms with Crippen LogP contribution >= 0.6 is 11.6 Å². The van der Waals surface area contributed by atoms with Gasteiger partial charge < -0.3 is 10.2 Å². The number of rotatable bonds is 2. The molecule has 0 saturated heterocycles. The minimum absolute atomic E-state index is 0.0611. The van der Waals surface area contributed by atoms with E-state index in [1.54, 1.807) is 24.0 Å². The first-order valence-corrected chi connectivity index (χ1v) is 7.05. The lowest BCUT2D eigenvalue weighted by Crippen LogP contribution is -2.45. The van der Waals surface area contributed by atoms with Gasteiger partial charge in [0.2, 0.25) is 5.91 Å². The molecule has 1 aliphatic rings. The van der Waals surface area contributed by atoms with E-state index in [0.717, 1.165) is 5.56 Å². The third-order valence-corrected chi connectivity index (χ3v) is 3.91. The highest BCUT2D eigenvalue weighted by molar-refractivity contribution is 6.31. The van der Waals surface area contributed by atoms with Crippen molar-refractivity contribution in [3.8, 4) is 0 Å². The van der Waals surface area contributed by atoms with Crippen molar-refractivity contribution in [2.24, 2.45) is 0 Å². The highest BCUT2D eigenvalue weighted by atomic mass is 35.5. The van der Waals surface area contributed by atoms with Crippen LogP contribution < -0.4 is 10.2 Å². The third-order valence-electron chi connectivity index (χ3n) is 3.54. The summed E-state index contributed by atoms with van der Waals surface area (Å²) in [7, 11) is 0. The van der Waals surface area contributed by atoms with E-state index in [1.165, 1.54) is 12.1 Å². The van der Waals surface area contributed by atoms with Crippen molar-refractivity contribution in [3.05, 3.63) is 58.9 Å². The lowest BCUT2D eigenvalue weighted by Gasteiger charge is -2.34. The summed E-state index contributed by atoms with van der Waals surface area (Å²) in [6.45, 7) is 2.12. The largest absolute Gasteiger partial charge is 0.372 e. The van der Waals surface area contributed by atoms with Gasteiger partial charge in [0.05, 0.1) is 17.9 Å². The molecule has 0 aromatic heterocycles.